The highest BCUT2D eigenvalue weighted by atomic mass is 16.2. The van der Waals surface area contributed by atoms with Crippen LogP contribution in [-0.2, 0) is 9.59 Å². The van der Waals surface area contributed by atoms with Crippen LogP contribution in [0.3, 0.4) is 0 Å². The van der Waals surface area contributed by atoms with E-state index in [2.05, 4.69) is 17.6 Å². The van der Waals surface area contributed by atoms with Crippen molar-refractivity contribution < 1.29 is 9.59 Å². The van der Waals surface area contributed by atoms with Gasteiger partial charge in [0.15, 0.2) is 0 Å². The minimum Gasteiger partial charge on any atom is -0.356 e. The Balaban J connectivity index is 2.39. The second-order valence-corrected chi connectivity index (χ2v) is 5.10. The molecule has 0 spiro atoms. The Hall–Kier alpha value is -1.84. The average molecular weight is 276 g/mol. The number of unbranched alkanes of at least 4 members (excludes halogenated alkanes) is 2. The number of carbonyl (C=O) groups is 2. The summed E-state index contributed by atoms with van der Waals surface area (Å²) in [6, 6.07) is 5.85. The summed E-state index contributed by atoms with van der Waals surface area (Å²) in [7, 11) is 0. The molecule has 0 aliphatic heterocycles. The van der Waals surface area contributed by atoms with Gasteiger partial charge in [-0.05, 0) is 37.5 Å². The molecule has 0 bridgehead atoms. The van der Waals surface area contributed by atoms with Crippen LogP contribution < -0.4 is 10.6 Å². The Bertz CT molecular complexity index is 470. The molecule has 110 valence electrons. The summed E-state index contributed by atoms with van der Waals surface area (Å²) in [5.74, 6) is -0.490. The number of aryl methyl sites for hydroxylation is 2. The van der Waals surface area contributed by atoms with Crippen LogP contribution in [0.4, 0.5) is 5.69 Å². The van der Waals surface area contributed by atoms with Crippen LogP contribution >= 0.6 is 0 Å². The van der Waals surface area contributed by atoms with E-state index >= 15 is 0 Å². The minimum atomic E-state index is -0.272. The lowest BCUT2D eigenvalue weighted by Crippen LogP contribution is -2.29. The van der Waals surface area contributed by atoms with Crippen LogP contribution in [0.1, 0.15) is 43.7 Å². The van der Waals surface area contributed by atoms with E-state index in [0.717, 1.165) is 36.1 Å². The van der Waals surface area contributed by atoms with E-state index in [1.165, 1.54) is 0 Å². The molecule has 2 N–H and O–H groups in total. The Morgan fingerprint density at radius 3 is 2.55 bits per heavy atom. The van der Waals surface area contributed by atoms with Gasteiger partial charge in [-0.15, -0.1) is 0 Å². The first-order chi connectivity index (χ1) is 9.52. The number of hydrogen-bond acceptors (Lipinski definition) is 2. The van der Waals surface area contributed by atoms with Crippen LogP contribution in [0, 0.1) is 13.8 Å². The zero-order valence-electron chi connectivity index (χ0n) is 12.6. The molecule has 20 heavy (non-hydrogen) atoms. The van der Waals surface area contributed by atoms with Gasteiger partial charge in [0.2, 0.25) is 11.8 Å². The van der Waals surface area contributed by atoms with Gasteiger partial charge < -0.3 is 10.6 Å². The van der Waals surface area contributed by atoms with Gasteiger partial charge in [-0.1, -0.05) is 31.9 Å². The van der Waals surface area contributed by atoms with Gasteiger partial charge in [0.25, 0.3) is 0 Å². The molecule has 1 aromatic carbocycles. The van der Waals surface area contributed by atoms with Crippen LogP contribution in [0.2, 0.25) is 0 Å². The molecule has 0 aliphatic rings. The topological polar surface area (TPSA) is 58.2 Å². The Kier molecular flexibility index (Phi) is 6.77. The second kappa shape index (κ2) is 8.35. The van der Waals surface area contributed by atoms with Crippen molar-refractivity contribution in [1.82, 2.24) is 5.32 Å². The molecule has 0 heterocycles. The first kappa shape index (κ1) is 16.2. The lowest BCUT2D eigenvalue weighted by atomic mass is 10.1. The molecule has 0 fully saturated rings. The number of amides is 2. The molecule has 1 aromatic rings. The van der Waals surface area contributed by atoms with E-state index in [4.69, 9.17) is 0 Å². The average Bonchev–Trinajstić information content (AvgIpc) is 2.39. The molecule has 0 saturated carbocycles. The predicted octanol–water partition coefficient (Wildman–Crippen LogP) is 2.94. The first-order valence-electron chi connectivity index (χ1n) is 7.16. The Labute approximate surface area is 121 Å². The smallest absolute Gasteiger partial charge is 0.233 e. The number of benzene rings is 1. The highest BCUT2D eigenvalue weighted by molar-refractivity contribution is 6.03. The fourth-order valence-corrected chi connectivity index (χ4v) is 1.88. The van der Waals surface area contributed by atoms with Gasteiger partial charge in [-0.3, -0.25) is 9.59 Å². The third kappa shape index (κ3) is 5.87. The van der Waals surface area contributed by atoms with Gasteiger partial charge >= 0.3 is 0 Å². The van der Waals surface area contributed by atoms with Gasteiger partial charge in [0, 0.05) is 12.2 Å². The fourth-order valence-electron chi connectivity index (χ4n) is 1.88. The van der Waals surface area contributed by atoms with Crippen molar-refractivity contribution in [2.45, 2.75) is 46.5 Å². The van der Waals surface area contributed by atoms with Crippen molar-refractivity contribution in [3.63, 3.8) is 0 Å². The highest BCUT2D eigenvalue weighted by Gasteiger charge is 2.10. The van der Waals surface area contributed by atoms with Gasteiger partial charge in [0.05, 0.1) is 0 Å². The van der Waals surface area contributed by atoms with Gasteiger partial charge in [-0.2, -0.15) is 0 Å². The minimum absolute atomic E-state index is 0.125. The van der Waals surface area contributed by atoms with E-state index in [0.29, 0.717) is 6.54 Å². The number of hydrogen-bond donors (Lipinski definition) is 2. The van der Waals surface area contributed by atoms with E-state index in [1.54, 1.807) is 0 Å². The van der Waals surface area contributed by atoms with Crippen molar-refractivity contribution >= 4 is 17.5 Å². The van der Waals surface area contributed by atoms with Gasteiger partial charge in [-0.25, -0.2) is 0 Å². The molecule has 1 rings (SSSR count). The van der Waals surface area contributed by atoms with Crippen molar-refractivity contribution in [3.05, 3.63) is 29.3 Å². The number of rotatable bonds is 7. The first-order valence-corrected chi connectivity index (χ1v) is 7.16. The Morgan fingerprint density at radius 2 is 1.85 bits per heavy atom. The molecule has 0 unspecified atom stereocenters. The lowest BCUT2D eigenvalue weighted by Gasteiger charge is -2.09. The molecule has 2 amide bonds. The molecule has 4 heteroatoms. The summed E-state index contributed by atoms with van der Waals surface area (Å²) in [5, 5.41) is 5.54. The number of nitrogens with one attached hydrogen (secondary N) is 2. The molecule has 0 aliphatic carbocycles. The quantitative estimate of drug-likeness (QED) is 0.594. The van der Waals surface area contributed by atoms with Crippen LogP contribution in [-0.4, -0.2) is 18.4 Å². The summed E-state index contributed by atoms with van der Waals surface area (Å²) in [5.41, 5.74) is 2.84. The maximum absolute atomic E-state index is 11.8. The summed E-state index contributed by atoms with van der Waals surface area (Å²) >= 11 is 0. The summed E-state index contributed by atoms with van der Waals surface area (Å²) in [6.07, 6.45) is 3.04. The highest BCUT2D eigenvalue weighted by Crippen LogP contribution is 2.16. The third-order valence-electron chi connectivity index (χ3n) is 3.09. The van der Waals surface area contributed by atoms with Crippen LogP contribution in [0.25, 0.3) is 0 Å². The second-order valence-electron chi connectivity index (χ2n) is 5.10. The molecule has 0 saturated heterocycles. The Morgan fingerprint density at radius 1 is 1.10 bits per heavy atom. The number of anilines is 1. The van der Waals surface area contributed by atoms with E-state index in [1.807, 2.05) is 32.0 Å². The molecular formula is C16H24N2O2. The monoisotopic (exact) mass is 276 g/mol. The SMILES string of the molecule is CCCCCNC(=O)CC(=O)Nc1cc(C)ccc1C. The molecule has 4 nitrogen and oxygen atoms in total. The van der Waals surface area contributed by atoms with Gasteiger partial charge in [0.1, 0.15) is 6.42 Å². The third-order valence-corrected chi connectivity index (χ3v) is 3.09. The molecule has 0 aromatic heterocycles. The largest absolute Gasteiger partial charge is 0.356 e. The van der Waals surface area contributed by atoms with Crippen LogP contribution in [0.5, 0.6) is 0 Å². The number of carbonyl (C=O) groups excluding carboxylic acids is 2. The normalized spacial score (nSPS) is 10.2. The van der Waals surface area contributed by atoms with Crippen molar-refractivity contribution in [1.29, 1.82) is 0 Å². The lowest BCUT2D eigenvalue weighted by molar-refractivity contribution is -0.126. The maximum atomic E-state index is 11.8. The van der Waals surface area contributed by atoms with Crippen molar-refractivity contribution in [3.8, 4) is 0 Å². The molecular weight excluding hydrogens is 252 g/mol. The summed E-state index contributed by atoms with van der Waals surface area (Å²) < 4.78 is 0. The predicted molar refractivity (Wildman–Crippen MR) is 81.7 cm³/mol. The zero-order valence-corrected chi connectivity index (χ0v) is 12.6. The molecule has 0 radical (unpaired) electrons. The van der Waals surface area contributed by atoms with Crippen LogP contribution in [0.15, 0.2) is 18.2 Å². The van der Waals surface area contributed by atoms with Crippen molar-refractivity contribution in [2.24, 2.45) is 0 Å². The van der Waals surface area contributed by atoms with E-state index < -0.39 is 0 Å². The molecule has 0 atom stereocenters. The summed E-state index contributed by atoms with van der Waals surface area (Å²) in [6.45, 7) is 6.65. The maximum Gasteiger partial charge on any atom is 0.233 e. The fraction of sp³-hybridized carbons (Fsp3) is 0.500. The standard InChI is InChI=1S/C16H24N2O2/c1-4-5-6-9-17-15(19)11-16(20)18-14-10-12(2)7-8-13(14)3/h7-8,10H,4-6,9,11H2,1-3H3,(H,17,19)(H,18,20). The van der Waals surface area contributed by atoms with E-state index in [9.17, 15) is 9.59 Å². The van der Waals surface area contributed by atoms with Crippen molar-refractivity contribution in [2.75, 3.05) is 11.9 Å². The summed E-state index contributed by atoms with van der Waals surface area (Å²) in [4.78, 5) is 23.4. The zero-order chi connectivity index (χ0) is 15.0. The van der Waals surface area contributed by atoms with E-state index in [-0.39, 0.29) is 18.2 Å².